The van der Waals surface area contributed by atoms with Gasteiger partial charge in [-0.1, -0.05) is 53.5 Å². The quantitative estimate of drug-likeness (QED) is 0.483. The number of aromatic nitrogens is 3. The Morgan fingerprint density at radius 2 is 1.90 bits per heavy atom. The van der Waals surface area contributed by atoms with Crippen LogP contribution >= 0.6 is 34.5 Å². The van der Waals surface area contributed by atoms with Crippen molar-refractivity contribution < 1.29 is 9.59 Å². The first-order chi connectivity index (χ1) is 14.0. The molecule has 29 heavy (non-hydrogen) atoms. The van der Waals surface area contributed by atoms with Gasteiger partial charge in [-0.05, 0) is 18.2 Å². The van der Waals surface area contributed by atoms with Gasteiger partial charge < -0.3 is 5.32 Å². The molecule has 0 unspecified atom stereocenters. The molecular weight excluding hydrogens is 433 g/mol. The monoisotopic (exact) mass is 445 g/mol. The SMILES string of the molecule is O=C(CNC(=O)c1ccc(Cl)cc1Cl)Nc1nc2scc(-c3ccccc3)n2n1. The van der Waals surface area contributed by atoms with Crippen LogP contribution in [0.4, 0.5) is 5.95 Å². The number of amides is 2. The normalized spacial score (nSPS) is 10.8. The average molecular weight is 446 g/mol. The van der Waals surface area contributed by atoms with Crippen molar-refractivity contribution in [2.75, 3.05) is 11.9 Å². The molecule has 0 aliphatic heterocycles. The first-order valence-electron chi connectivity index (χ1n) is 8.44. The Kier molecular flexibility index (Phi) is 5.48. The van der Waals surface area contributed by atoms with Crippen LogP contribution in [0.5, 0.6) is 0 Å². The van der Waals surface area contributed by atoms with Crippen molar-refractivity contribution in [3.05, 3.63) is 69.5 Å². The Morgan fingerprint density at radius 1 is 1.10 bits per heavy atom. The molecule has 0 radical (unpaired) electrons. The number of nitrogens with one attached hydrogen (secondary N) is 2. The number of anilines is 1. The van der Waals surface area contributed by atoms with E-state index < -0.39 is 11.8 Å². The predicted octanol–water partition coefficient (Wildman–Crippen LogP) is 4.13. The molecule has 0 aliphatic rings. The third-order valence-electron chi connectivity index (χ3n) is 3.99. The zero-order chi connectivity index (χ0) is 20.4. The highest BCUT2D eigenvalue weighted by molar-refractivity contribution is 7.15. The maximum atomic E-state index is 12.2. The predicted molar refractivity (Wildman–Crippen MR) is 114 cm³/mol. The highest BCUT2D eigenvalue weighted by Gasteiger charge is 2.15. The minimum Gasteiger partial charge on any atom is -0.343 e. The van der Waals surface area contributed by atoms with Crippen LogP contribution in [0.2, 0.25) is 10.0 Å². The average Bonchev–Trinajstić information content (AvgIpc) is 3.27. The minimum atomic E-state index is -0.480. The third-order valence-corrected chi connectivity index (χ3v) is 5.35. The Labute approximate surface area is 179 Å². The summed E-state index contributed by atoms with van der Waals surface area (Å²) in [5.74, 6) is -0.771. The second-order valence-corrected chi connectivity index (χ2v) is 7.65. The van der Waals surface area contributed by atoms with E-state index in [-0.39, 0.29) is 23.1 Å². The largest absolute Gasteiger partial charge is 0.343 e. The maximum Gasteiger partial charge on any atom is 0.253 e. The molecule has 0 atom stereocenters. The fraction of sp³-hybridized carbons (Fsp3) is 0.0526. The summed E-state index contributed by atoms with van der Waals surface area (Å²) in [6.45, 7) is -0.254. The summed E-state index contributed by atoms with van der Waals surface area (Å²) in [4.78, 5) is 29.3. The van der Waals surface area contributed by atoms with Crippen LogP contribution in [0.3, 0.4) is 0 Å². The molecular formula is C19H13Cl2N5O2S. The van der Waals surface area contributed by atoms with Crippen molar-refractivity contribution in [2.24, 2.45) is 0 Å². The van der Waals surface area contributed by atoms with E-state index in [9.17, 15) is 9.59 Å². The first kappa shape index (κ1) is 19.4. The Morgan fingerprint density at radius 3 is 2.66 bits per heavy atom. The Balaban J connectivity index is 1.41. The lowest BCUT2D eigenvalue weighted by Crippen LogP contribution is -2.33. The van der Waals surface area contributed by atoms with E-state index in [1.165, 1.54) is 23.5 Å². The van der Waals surface area contributed by atoms with Gasteiger partial charge in [0.2, 0.25) is 10.9 Å². The molecule has 0 bridgehead atoms. The van der Waals surface area contributed by atoms with Gasteiger partial charge in [-0.2, -0.15) is 4.98 Å². The fourth-order valence-electron chi connectivity index (χ4n) is 2.64. The molecule has 2 aromatic carbocycles. The van der Waals surface area contributed by atoms with Gasteiger partial charge in [-0.25, -0.2) is 4.52 Å². The van der Waals surface area contributed by atoms with E-state index in [1.807, 2.05) is 35.7 Å². The lowest BCUT2D eigenvalue weighted by Gasteiger charge is -2.06. The smallest absolute Gasteiger partial charge is 0.253 e. The number of nitrogens with zero attached hydrogens (tertiary/aromatic N) is 3. The van der Waals surface area contributed by atoms with Crippen LogP contribution in [-0.4, -0.2) is 33.0 Å². The van der Waals surface area contributed by atoms with E-state index in [0.717, 1.165) is 11.3 Å². The van der Waals surface area contributed by atoms with E-state index in [4.69, 9.17) is 23.2 Å². The number of carbonyl (C=O) groups excluding carboxylic acids is 2. The minimum absolute atomic E-state index is 0.165. The highest BCUT2D eigenvalue weighted by atomic mass is 35.5. The molecule has 0 saturated heterocycles. The van der Waals surface area contributed by atoms with Gasteiger partial charge >= 0.3 is 0 Å². The van der Waals surface area contributed by atoms with Crippen molar-refractivity contribution in [3.8, 4) is 11.3 Å². The standard InChI is InChI=1S/C19H13Cl2N5O2S/c20-12-6-7-13(14(21)8-12)17(28)22-9-16(27)23-18-24-19-26(25-18)15(10-29-19)11-4-2-1-3-5-11/h1-8,10H,9H2,(H,22,28)(H,23,25,27). The number of carbonyl (C=O) groups is 2. The van der Waals surface area contributed by atoms with Crippen LogP contribution in [0.15, 0.2) is 53.9 Å². The van der Waals surface area contributed by atoms with Gasteiger partial charge in [0.25, 0.3) is 11.9 Å². The molecule has 0 spiro atoms. The van der Waals surface area contributed by atoms with Crippen molar-refractivity contribution in [2.45, 2.75) is 0 Å². The van der Waals surface area contributed by atoms with Gasteiger partial charge in [-0.15, -0.1) is 16.4 Å². The zero-order valence-electron chi connectivity index (χ0n) is 14.7. The summed E-state index contributed by atoms with van der Waals surface area (Å²) in [7, 11) is 0. The third kappa shape index (κ3) is 4.24. The summed E-state index contributed by atoms with van der Waals surface area (Å²) in [6.07, 6.45) is 0. The summed E-state index contributed by atoms with van der Waals surface area (Å²) in [5.41, 5.74) is 2.11. The molecule has 4 aromatic rings. The topological polar surface area (TPSA) is 88.4 Å². The van der Waals surface area contributed by atoms with Crippen LogP contribution in [0.25, 0.3) is 16.2 Å². The molecule has 0 saturated carbocycles. The summed E-state index contributed by atoms with van der Waals surface area (Å²) >= 11 is 13.2. The van der Waals surface area contributed by atoms with Crippen LogP contribution in [0.1, 0.15) is 10.4 Å². The summed E-state index contributed by atoms with van der Waals surface area (Å²) < 4.78 is 1.67. The van der Waals surface area contributed by atoms with E-state index in [0.29, 0.717) is 9.98 Å². The van der Waals surface area contributed by atoms with Crippen LogP contribution in [0, 0.1) is 0 Å². The Hall–Kier alpha value is -2.94. The van der Waals surface area contributed by atoms with Gasteiger partial charge in [0.1, 0.15) is 0 Å². The highest BCUT2D eigenvalue weighted by Crippen LogP contribution is 2.25. The van der Waals surface area contributed by atoms with Gasteiger partial charge in [0.15, 0.2) is 0 Å². The summed E-state index contributed by atoms with van der Waals surface area (Å²) in [6, 6.07) is 14.3. The van der Waals surface area contributed by atoms with Crippen LogP contribution < -0.4 is 10.6 Å². The molecule has 10 heteroatoms. The second-order valence-electron chi connectivity index (χ2n) is 5.97. The number of rotatable bonds is 5. The number of halogens is 2. The zero-order valence-corrected chi connectivity index (χ0v) is 17.1. The lowest BCUT2D eigenvalue weighted by molar-refractivity contribution is -0.115. The Bertz CT molecular complexity index is 1210. The van der Waals surface area contributed by atoms with Crippen molar-refractivity contribution in [1.29, 1.82) is 0 Å². The van der Waals surface area contributed by atoms with Crippen molar-refractivity contribution in [3.63, 3.8) is 0 Å². The molecule has 0 aliphatic carbocycles. The van der Waals surface area contributed by atoms with Gasteiger partial charge in [-0.3, -0.25) is 14.9 Å². The fourth-order valence-corrected chi connectivity index (χ4v) is 3.97. The van der Waals surface area contributed by atoms with Gasteiger partial charge in [0, 0.05) is 16.0 Å². The summed E-state index contributed by atoms with van der Waals surface area (Å²) in [5, 5.41) is 12.0. The number of benzene rings is 2. The number of thiazole rings is 1. The molecule has 2 N–H and O–H groups in total. The molecule has 2 amide bonds. The number of hydrogen-bond donors (Lipinski definition) is 2. The first-order valence-corrected chi connectivity index (χ1v) is 10.1. The van der Waals surface area contributed by atoms with E-state index in [1.54, 1.807) is 10.6 Å². The molecule has 146 valence electrons. The molecule has 7 nitrogen and oxygen atoms in total. The number of hydrogen-bond acceptors (Lipinski definition) is 5. The molecule has 0 fully saturated rings. The molecule has 4 rings (SSSR count). The molecule has 2 heterocycles. The van der Waals surface area contributed by atoms with E-state index in [2.05, 4.69) is 20.7 Å². The van der Waals surface area contributed by atoms with Crippen molar-refractivity contribution >= 4 is 57.3 Å². The van der Waals surface area contributed by atoms with Gasteiger partial charge in [0.05, 0.1) is 22.8 Å². The second kappa shape index (κ2) is 8.20. The lowest BCUT2D eigenvalue weighted by atomic mass is 10.2. The van der Waals surface area contributed by atoms with E-state index >= 15 is 0 Å². The van der Waals surface area contributed by atoms with Crippen LogP contribution in [-0.2, 0) is 4.79 Å². The number of fused-ring (bicyclic) bond motifs is 1. The molecule has 2 aromatic heterocycles. The maximum absolute atomic E-state index is 12.2. The van der Waals surface area contributed by atoms with Crippen molar-refractivity contribution in [1.82, 2.24) is 19.9 Å².